The summed E-state index contributed by atoms with van der Waals surface area (Å²) < 4.78 is 1.96. The van der Waals surface area contributed by atoms with Crippen LogP contribution < -0.4 is 0 Å². The zero-order valence-corrected chi connectivity index (χ0v) is 12.5. The fourth-order valence-electron chi connectivity index (χ4n) is 2.68. The van der Waals surface area contributed by atoms with Crippen LogP contribution in [0.3, 0.4) is 0 Å². The van der Waals surface area contributed by atoms with Crippen LogP contribution in [0.1, 0.15) is 0 Å². The number of fused-ring (bicyclic) bond motifs is 1. The molecule has 0 spiro atoms. The van der Waals surface area contributed by atoms with Crippen molar-refractivity contribution < 1.29 is 0 Å². The predicted molar refractivity (Wildman–Crippen MR) is 91.5 cm³/mol. The van der Waals surface area contributed by atoms with Gasteiger partial charge in [-0.05, 0) is 47.0 Å². The third-order valence-corrected chi connectivity index (χ3v) is 4.01. The van der Waals surface area contributed by atoms with Crippen molar-refractivity contribution in [3.05, 3.63) is 84.1 Å². The van der Waals surface area contributed by atoms with E-state index < -0.39 is 0 Å². The molecule has 0 aliphatic heterocycles. The van der Waals surface area contributed by atoms with Crippen LogP contribution in [-0.4, -0.2) is 9.55 Å². The summed E-state index contributed by atoms with van der Waals surface area (Å²) >= 11 is 6.31. The summed E-state index contributed by atoms with van der Waals surface area (Å²) in [5.41, 5.74) is 5.32. The number of halogens is 1. The van der Waals surface area contributed by atoms with Gasteiger partial charge in [-0.3, -0.25) is 4.57 Å². The number of imidazole rings is 1. The second kappa shape index (κ2) is 5.32. The van der Waals surface area contributed by atoms with Gasteiger partial charge >= 0.3 is 0 Å². The van der Waals surface area contributed by atoms with Gasteiger partial charge in [-0.1, -0.05) is 54.6 Å². The Bertz CT molecular complexity index is 925. The van der Waals surface area contributed by atoms with Crippen LogP contribution >= 0.6 is 11.6 Å². The SMILES string of the molecule is Clc1nc2ccccc2n1-c1ccc(-c2ccccc2)cc1. The van der Waals surface area contributed by atoms with E-state index in [1.165, 1.54) is 11.1 Å². The molecule has 0 aliphatic carbocycles. The van der Waals surface area contributed by atoms with Crippen molar-refractivity contribution in [3.63, 3.8) is 0 Å². The molecule has 0 saturated heterocycles. The molecule has 22 heavy (non-hydrogen) atoms. The Balaban J connectivity index is 1.81. The van der Waals surface area contributed by atoms with E-state index in [-0.39, 0.29) is 0 Å². The molecule has 0 unspecified atom stereocenters. The van der Waals surface area contributed by atoms with Crippen LogP contribution in [0.5, 0.6) is 0 Å². The normalized spacial score (nSPS) is 11.0. The molecule has 3 aromatic carbocycles. The third-order valence-electron chi connectivity index (χ3n) is 3.75. The van der Waals surface area contributed by atoms with Crippen LogP contribution in [0.4, 0.5) is 0 Å². The summed E-state index contributed by atoms with van der Waals surface area (Å²) in [7, 11) is 0. The molecule has 4 aromatic rings. The maximum absolute atomic E-state index is 6.31. The highest BCUT2D eigenvalue weighted by atomic mass is 35.5. The van der Waals surface area contributed by atoms with E-state index in [4.69, 9.17) is 11.6 Å². The van der Waals surface area contributed by atoms with Gasteiger partial charge in [0.15, 0.2) is 0 Å². The van der Waals surface area contributed by atoms with E-state index in [0.29, 0.717) is 5.28 Å². The highest BCUT2D eigenvalue weighted by Crippen LogP contribution is 2.26. The third kappa shape index (κ3) is 2.18. The Morgan fingerprint density at radius 2 is 1.32 bits per heavy atom. The van der Waals surface area contributed by atoms with Crippen LogP contribution in [0, 0.1) is 0 Å². The topological polar surface area (TPSA) is 17.8 Å². The molecule has 0 amide bonds. The molecular weight excluding hydrogens is 292 g/mol. The first-order valence-electron chi connectivity index (χ1n) is 7.12. The van der Waals surface area contributed by atoms with Crippen molar-refractivity contribution in [3.8, 4) is 16.8 Å². The summed E-state index contributed by atoms with van der Waals surface area (Å²) in [5, 5.41) is 0.480. The van der Waals surface area contributed by atoms with Gasteiger partial charge in [0.05, 0.1) is 11.0 Å². The van der Waals surface area contributed by atoms with Crippen molar-refractivity contribution in [2.75, 3.05) is 0 Å². The van der Waals surface area contributed by atoms with Gasteiger partial charge in [0, 0.05) is 5.69 Å². The lowest BCUT2D eigenvalue weighted by Gasteiger charge is -2.07. The molecule has 1 heterocycles. The Morgan fingerprint density at radius 3 is 2.09 bits per heavy atom. The first-order valence-corrected chi connectivity index (χ1v) is 7.49. The molecule has 0 atom stereocenters. The average Bonchev–Trinajstić information content (AvgIpc) is 2.91. The van der Waals surface area contributed by atoms with Gasteiger partial charge in [0.2, 0.25) is 5.28 Å². The van der Waals surface area contributed by atoms with E-state index in [9.17, 15) is 0 Å². The number of para-hydroxylation sites is 2. The quantitative estimate of drug-likeness (QED) is 0.488. The molecule has 0 radical (unpaired) electrons. The number of hydrogen-bond acceptors (Lipinski definition) is 1. The first-order chi connectivity index (χ1) is 10.8. The van der Waals surface area contributed by atoms with Crippen LogP contribution in [0.15, 0.2) is 78.9 Å². The molecule has 0 saturated carbocycles. The van der Waals surface area contributed by atoms with Gasteiger partial charge in [-0.25, -0.2) is 4.98 Å². The Hall–Kier alpha value is -2.58. The summed E-state index contributed by atoms with van der Waals surface area (Å²) in [6, 6.07) is 26.6. The van der Waals surface area contributed by atoms with Crippen LogP contribution in [0.2, 0.25) is 5.28 Å². The number of hydrogen-bond donors (Lipinski definition) is 0. The van der Waals surface area contributed by atoms with Gasteiger partial charge in [0.25, 0.3) is 0 Å². The van der Waals surface area contributed by atoms with Gasteiger partial charge < -0.3 is 0 Å². The van der Waals surface area contributed by atoms with E-state index in [1.54, 1.807) is 0 Å². The largest absolute Gasteiger partial charge is 0.283 e. The van der Waals surface area contributed by atoms with Crippen molar-refractivity contribution in [1.82, 2.24) is 9.55 Å². The van der Waals surface area contributed by atoms with E-state index in [1.807, 2.05) is 47.0 Å². The molecule has 4 rings (SSSR count). The zero-order chi connectivity index (χ0) is 14.9. The summed E-state index contributed by atoms with van der Waals surface area (Å²) in [5.74, 6) is 0. The zero-order valence-electron chi connectivity index (χ0n) is 11.8. The molecule has 106 valence electrons. The molecule has 0 N–H and O–H groups in total. The Kier molecular flexibility index (Phi) is 3.17. The van der Waals surface area contributed by atoms with Crippen molar-refractivity contribution in [2.45, 2.75) is 0 Å². The summed E-state index contributed by atoms with van der Waals surface area (Å²) in [4.78, 5) is 4.40. The Labute approximate surface area is 133 Å². The molecule has 0 bridgehead atoms. The minimum Gasteiger partial charge on any atom is -0.283 e. The lowest BCUT2D eigenvalue weighted by Crippen LogP contribution is -1.93. The second-order valence-electron chi connectivity index (χ2n) is 5.12. The lowest BCUT2D eigenvalue weighted by atomic mass is 10.1. The van der Waals surface area contributed by atoms with Gasteiger partial charge in [-0.15, -0.1) is 0 Å². The minimum atomic E-state index is 0.480. The molecule has 2 nitrogen and oxygen atoms in total. The van der Waals surface area contributed by atoms with Crippen LogP contribution in [0.25, 0.3) is 27.8 Å². The van der Waals surface area contributed by atoms with Crippen molar-refractivity contribution >= 4 is 22.6 Å². The number of aromatic nitrogens is 2. The number of benzene rings is 3. The van der Waals surface area contributed by atoms with Crippen molar-refractivity contribution in [2.24, 2.45) is 0 Å². The van der Waals surface area contributed by atoms with E-state index >= 15 is 0 Å². The van der Waals surface area contributed by atoms with Gasteiger partial charge in [0.1, 0.15) is 0 Å². The fourth-order valence-corrected chi connectivity index (χ4v) is 2.96. The predicted octanol–water partition coefficient (Wildman–Crippen LogP) is 5.35. The summed E-state index contributed by atoms with van der Waals surface area (Å²) in [6.45, 7) is 0. The van der Waals surface area contributed by atoms with E-state index in [0.717, 1.165) is 16.7 Å². The second-order valence-corrected chi connectivity index (χ2v) is 5.46. The Morgan fingerprint density at radius 1 is 0.682 bits per heavy atom. The monoisotopic (exact) mass is 304 g/mol. The lowest BCUT2D eigenvalue weighted by molar-refractivity contribution is 1.09. The molecule has 1 aromatic heterocycles. The highest BCUT2D eigenvalue weighted by molar-refractivity contribution is 6.29. The smallest absolute Gasteiger partial charge is 0.208 e. The van der Waals surface area contributed by atoms with Crippen molar-refractivity contribution in [1.29, 1.82) is 0 Å². The fraction of sp³-hybridized carbons (Fsp3) is 0. The van der Waals surface area contributed by atoms with Crippen LogP contribution in [-0.2, 0) is 0 Å². The van der Waals surface area contributed by atoms with Gasteiger partial charge in [-0.2, -0.15) is 0 Å². The molecule has 3 heteroatoms. The first kappa shape index (κ1) is 13.1. The molecule has 0 aliphatic rings. The molecular formula is C19H13ClN2. The maximum Gasteiger partial charge on any atom is 0.208 e. The highest BCUT2D eigenvalue weighted by Gasteiger charge is 2.10. The maximum atomic E-state index is 6.31. The number of nitrogens with zero attached hydrogens (tertiary/aromatic N) is 2. The van der Waals surface area contributed by atoms with E-state index in [2.05, 4.69) is 41.4 Å². The minimum absolute atomic E-state index is 0.480. The molecule has 0 fully saturated rings. The standard InChI is InChI=1S/C19H13ClN2/c20-19-21-17-8-4-5-9-18(17)22(19)16-12-10-15(11-13-16)14-6-2-1-3-7-14/h1-13H. The number of rotatable bonds is 2. The summed E-state index contributed by atoms with van der Waals surface area (Å²) in [6.07, 6.45) is 0. The average molecular weight is 305 g/mol.